The summed E-state index contributed by atoms with van der Waals surface area (Å²) in [5.41, 5.74) is 4.86. The van der Waals surface area contributed by atoms with Gasteiger partial charge in [-0.2, -0.15) is 0 Å². The maximum atomic E-state index is 13.3. The van der Waals surface area contributed by atoms with Crippen molar-refractivity contribution in [2.75, 3.05) is 6.54 Å². The molecule has 0 unspecified atom stereocenters. The molecule has 0 bridgehead atoms. The molecular weight excluding hydrogens is 502 g/mol. The first-order valence-electron chi connectivity index (χ1n) is 13.9. The van der Waals surface area contributed by atoms with Crippen molar-refractivity contribution >= 4 is 22.6 Å². The lowest BCUT2D eigenvalue weighted by molar-refractivity contribution is -0.139. The van der Waals surface area contributed by atoms with Crippen LogP contribution in [0, 0.1) is 0 Å². The molecule has 40 heavy (non-hydrogen) atoms. The lowest BCUT2D eigenvalue weighted by Crippen LogP contribution is -2.41. The molecule has 2 aromatic heterocycles. The number of pyridine rings is 2. The molecule has 0 spiro atoms. The molecule has 2 atom stereocenters. The molecule has 1 aliphatic carbocycles. The Morgan fingerprint density at radius 3 is 2.58 bits per heavy atom. The number of rotatable bonds is 12. The van der Waals surface area contributed by atoms with Crippen LogP contribution in [0.25, 0.3) is 10.8 Å². The molecule has 0 saturated carbocycles. The topological polar surface area (TPSA) is 116 Å². The number of amides is 1. The molecule has 0 radical (unpaired) electrons. The van der Waals surface area contributed by atoms with Crippen molar-refractivity contribution in [2.24, 2.45) is 0 Å². The third-order valence-electron chi connectivity index (χ3n) is 7.47. The second kappa shape index (κ2) is 13.3. The number of aliphatic carboxylic acids is 1. The van der Waals surface area contributed by atoms with Crippen LogP contribution in [-0.2, 0) is 24.3 Å². The Hall–Kier alpha value is -4.14. The fourth-order valence-corrected chi connectivity index (χ4v) is 5.43. The molecule has 5 rings (SSSR count). The van der Waals surface area contributed by atoms with Crippen LogP contribution < -0.4 is 16.0 Å². The number of aryl methyl sites for hydroxylation is 1. The first kappa shape index (κ1) is 27.4. The summed E-state index contributed by atoms with van der Waals surface area (Å²) in [4.78, 5) is 34.2. The van der Waals surface area contributed by atoms with Gasteiger partial charge in [-0.25, -0.2) is 4.79 Å². The summed E-state index contributed by atoms with van der Waals surface area (Å²) in [5.74, 6) is -1.41. The van der Waals surface area contributed by atoms with Crippen molar-refractivity contribution < 1.29 is 14.7 Å². The molecule has 1 amide bonds. The zero-order valence-electron chi connectivity index (χ0n) is 22.5. The van der Waals surface area contributed by atoms with E-state index in [1.807, 2.05) is 60.8 Å². The van der Waals surface area contributed by atoms with E-state index in [4.69, 9.17) is 0 Å². The maximum absolute atomic E-state index is 13.3. The van der Waals surface area contributed by atoms with E-state index < -0.39 is 12.0 Å². The number of fused-ring (bicyclic) bond motifs is 2. The van der Waals surface area contributed by atoms with Crippen molar-refractivity contribution in [1.82, 2.24) is 25.9 Å². The summed E-state index contributed by atoms with van der Waals surface area (Å²) < 4.78 is 0. The number of hydrogen-bond acceptors (Lipinski definition) is 6. The van der Waals surface area contributed by atoms with Gasteiger partial charge in [0.1, 0.15) is 6.04 Å². The first-order valence-corrected chi connectivity index (χ1v) is 13.9. The highest BCUT2D eigenvalue weighted by Crippen LogP contribution is 2.27. The molecular formula is C32H35N5O3. The van der Waals surface area contributed by atoms with E-state index in [0.717, 1.165) is 47.0 Å². The lowest BCUT2D eigenvalue weighted by atomic mass is 9.92. The van der Waals surface area contributed by atoms with E-state index in [0.29, 0.717) is 38.0 Å². The van der Waals surface area contributed by atoms with Gasteiger partial charge in [-0.15, -0.1) is 0 Å². The van der Waals surface area contributed by atoms with E-state index >= 15 is 0 Å². The molecule has 8 heteroatoms. The fourth-order valence-electron chi connectivity index (χ4n) is 5.43. The van der Waals surface area contributed by atoms with Gasteiger partial charge >= 0.3 is 5.97 Å². The molecule has 4 aromatic rings. The highest BCUT2D eigenvalue weighted by Gasteiger charge is 2.23. The highest BCUT2D eigenvalue weighted by atomic mass is 16.4. The molecule has 0 aliphatic heterocycles. The Labute approximate surface area is 234 Å². The monoisotopic (exact) mass is 537 g/mol. The van der Waals surface area contributed by atoms with Crippen LogP contribution in [0.3, 0.4) is 0 Å². The number of carboxylic acids is 1. The van der Waals surface area contributed by atoms with Crippen LogP contribution in [0.15, 0.2) is 79.1 Å². The van der Waals surface area contributed by atoms with Gasteiger partial charge < -0.3 is 21.1 Å². The van der Waals surface area contributed by atoms with E-state index in [9.17, 15) is 14.7 Å². The molecule has 8 nitrogen and oxygen atoms in total. The van der Waals surface area contributed by atoms with Crippen molar-refractivity contribution in [3.63, 3.8) is 0 Å². The van der Waals surface area contributed by atoms with Gasteiger partial charge in [0.25, 0.3) is 5.91 Å². The predicted molar refractivity (Wildman–Crippen MR) is 155 cm³/mol. The van der Waals surface area contributed by atoms with Gasteiger partial charge in [0, 0.05) is 37.1 Å². The van der Waals surface area contributed by atoms with Gasteiger partial charge in [0.15, 0.2) is 0 Å². The number of nitrogens with zero attached hydrogens (tertiary/aromatic N) is 2. The van der Waals surface area contributed by atoms with Crippen LogP contribution in [0.5, 0.6) is 0 Å². The minimum absolute atomic E-state index is 0.186. The van der Waals surface area contributed by atoms with E-state index in [1.54, 1.807) is 12.3 Å². The molecule has 2 heterocycles. The van der Waals surface area contributed by atoms with E-state index in [-0.39, 0.29) is 11.9 Å². The molecule has 206 valence electrons. The van der Waals surface area contributed by atoms with Gasteiger partial charge in [-0.3, -0.25) is 14.8 Å². The van der Waals surface area contributed by atoms with Gasteiger partial charge in [-0.1, -0.05) is 42.5 Å². The van der Waals surface area contributed by atoms with Gasteiger partial charge in [-0.05, 0) is 84.8 Å². The van der Waals surface area contributed by atoms with Crippen molar-refractivity contribution in [3.05, 3.63) is 107 Å². The highest BCUT2D eigenvalue weighted by molar-refractivity contribution is 6.08. The number of hydrogen-bond donors (Lipinski definition) is 4. The average Bonchev–Trinajstić information content (AvgIpc) is 2.99. The van der Waals surface area contributed by atoms with Gasteiger partial charge in [0.05, 0.1) is 11.4 Å². The number of carboxylic acid groups (broad SMARTS) is 1. The van der Waals surface area contributed by atoms with E-state index in [1.165, 1.54) is 5.56 Å². The standard InChI is InChI=1S/C32H35N5O3/c38-31(37-29(32(39)40)14-7-18-35-28-13-5-8-22-9-6-19-36-30(22)28)27-16-15-23(25-11-1-2-12-26(25)27)20-33-21-24-10-3-4-17-34-24/h1-4,6,9-12,15-17,19,28-29,33,35H,5,7-8,13-14,18,20-21H2,(H,37,38)(H,39,40)/t28-,29-/m0/s1. The number of benzene rings is 2. The van der Waals surface area contributed by atoms with Crippen molar-refractivity contribution in [3.8, 4) is 0 Å². The zero-order chi connectivity index (χ0) is 27.7. The Kier molecular flexibility index (Phi) is 9.11. The summed E-state index contributed by atoms with van der Waals surface area (Å²) in [6.07, 6.45) is 7.73. The zero-order valence-corrected chi connectivity index (χ0v) is 22.5. The largest absolute Gasteiger partial charge is 0.480 e. The van der Waals surface area contributed by atoms with E-state index in [2.05, 4.69) is 32.0 Å². The Morgan fingerprint density at radius 1 is 0.925 bits per heavy atom. The van der Waals surface area contributed by atoms with Crippen molar-refractivity contribution in [2.45, 2.75) is 57.3 Å². The van der Waals surface area contributed by atoms with Crippen LogP contribution in [0.4, 0.5) is 0 Å². The van der Waals surface area contributed by atoms with Crippen molar-refractivity contribution in [1.29, 1.82) is 0 Å². The second-order valence-electron chi connectivity index (χ2n) is 10.2. The molecule has 2 aromatic carbocycles. The maximum Gasteiger partial charge on any atom is 0.326 e. The minimum atomic E-state index is -1.03. The first-order chi connectivity index (χ1) is 19.6. The number of nitrogens with one attached hydrogen (secondary N) is 3. The van der Waals surface area contributed by atoms with Crippen LogP contribution in [0.2, 0.25) is 0 Å². The molecule has 0 fully saturated rings. The minimum Gasteiger partial charge on any atom is -0.480 e. The third kappa shape index (κ3) is 6.70. The Bertz CT molecular complexity index is 1460. The summed E-state index contributed by atoms with van der Waals surface area (Å²) in [7, 11) is 0. The third-order valence-corrected chi connectivity index (χ3v) is 7.47. The normalized spacial score (nSPS) is 15.3. The number of aromatic nitrogens is 2. The fraction of sp³-hybridized carbons (Fsp3) is 0.312. The SMILES string of the molecule is O=C(N[C@@H](CCCN[C@H]1CCCc2cccnc21)C(=O)O)c1ccc(CNCc2ccccn2)c2ccccc12. The van der Waals surface area contributed by atoms with Crippen LogP contribution >= 0.6 is 0 Å². The summed E-state index contributed by atoms with van der Waals surface area (Å²) >= 11 is 0. The predicted octanol–water partition coefficient (Wildman–Crippen LogP) is 4.55. The number of carbonyl (C=O) groups excluding carboxylic acids is 1. The summed E-state index contributed by atoms with van der Waals surface area (Å²) in [6.45, 7) is 1.91. The molecule has 0 saturated heterocycles. The lowest BCUT2D eigenvalue weighted by Gasteiger charge is -2.25. The molecule has 1 aliphatic rings. The molecule has 4 N–H and O–H groups in total. The smallest absolute Gasteiger partial charge is 0.326 e. The quantitative estimate of drug-likeness (QED) is 0.196. The van der Waals surface area contributed by atoms with Gasteiger partial charge in [0.2, 0.25) is 0 Å². The second-order valence-corrected chi connectivity index (χ2v) is 10.2. The van der Waals surface area contributed by atoms with Crippen LogP contribution in [0.1, 0.15) is 64.6 Å². The Morgan fingerprint density at radius 2 is 1.75 bits per heavy atom. The number of carbonyl (C=O) groups is 2. The Balaban J connectivity index is 1.19. The summed E-state index contributed by atoms with van der Waals surface area (Å²) in [5, 5.41) is 21.3. The van der Waals surface area contributed by atoms with Crippen LogP contribution in [-0.4, -0.2) is 39.5 Å². The summed E-state index contributed by atoms with van der Waals surface area (Å²) in [6, 6.07) is 20.6. The average molecular weight is 538 g/mol.